The minimum Gasteiger partial charge on any atom is -0.383 e. The molecule has 1 heterocycles. The number of nitrogens with zero attached hydrogens (tertiary/aromatic N) is 2. The van der Waals surface area contributed by atoms with E-state index in [9.17, 15) is 0 Å². The fourth-order valence-corrected chi connectivity index (χ4v) is 2.63. The Morgan fingerprint density at radius 3 is 2.37 bits per heavy atom. The highest BCUT2D eigenvalue weighted by Gasteiger charge is 2.12. The molecular formula is C13H12BrCl2N3. The first-order valence-electron chi connectivity index (χ1n) is 5.79. The smallest absolute Gasteiger partial charge is 0.161 e. The van der Waals surface area contributed by atoms with Crippen molar-refractivity contribution in [2.75, 3.05) is 5.73 Å². The summed E-state index contributed by atoms with van der Waals surface area (Å²) >= 11 is 15.4. The van der Waals surface area contributed by atoms with Gasteiger partial charge in [0.15, 0.2) is 5.82 Å². The normalized spacial score (nSPS) is 10.7. The predicted molar refractivity (Wildman–Crippen MR) is 83.6 cm³/mol. The van der Waals surface area contributed by atoms with E-state index in [1.165, 1.54) is 0 Å². The fraction of sp³-hybridized carbons (Fsp3) is 0.231. The standard InChI is InChI=1S/C13H12BrCl2N3/c1-2-3-10-11(14)12(17)19-13(18-10)7-4-8(15)6-9(16)5-7/h4-6H,2-3H2,1H3,(H2,17,18,19). The van der Waals surface area contributed by atoms with Crippen LogP contribution in [0.4, 0.5) is 5.82 Å². The van der Waals surface area contributed by atoms with E-state index in [1.54, 1.807) is 18.2 Å². The molecule has 3 nitrogen and oxygen atoms in total. The summed E-state index contributed by atoms with van der Waals surface area (Å²) in [6.45, 7) is 2.08. The van der Waals surface area contributed by atoms with Gasteiger partial charge in [-0.1, -0.05) is 36.5 Å². The second kappa shape index (κ2) is 6.07. The summed E-state index contributed by atoms with van der Waals surface area (Å²) in [5, 5.41) is 1.09. The zero-order valence-corrected chi connectivity index (χ0v) is 13.3. The van der Waals surface area contributed by atoms with E-state index in [2.05, 4.69) is 32.8 Å². The van der Waals surface area contributed by atoms with Crippen LogP contribution in [-0.4, -0.2) is 9.97 Å². The SMILES string of the molecule is CCCc1nc(-c2cc(Cl)cc(Cl)c2)nc(N)c1Br. The first kappa shape index (κ1) is 14.6. The van der Waals surface area contributed by atoms with Crippen LogP contribution in [0.15, 0.2) is 22.7 Å². The minimum atomic E-state index is 0.421. The van der Waals surface area contributed by atoms with Crippen molar-refractivity contribution in [3.05, 3.63) is 38.4 Å². The quantitative estimate of drug-likeness (QED) is 0.859. The van der Waals surface area contributed by atoms with Crippen LogP contribution in [0.1, 0.15) is 19.0 Å². The number of nitrogen functional groups attached to an aromatic ring is 1. The highest BCUT2D eigenvalue weighted by molar-refractivity contribution is 9.10. The maximum Gasteiger partial charge on any atom is 0.161 e. The number of anilines is 1. The van der Waals surface area contributed by atoms with Crippen molar-refractivity contribution >= 4 is 44.9 Å². The Kier molecular flexibility index (Phi) is 4.66. The Hall–Kier alpha value is -0.840. The summed E-state index contributed by atoms with van der Waals surface area (Å²) in [4.78, 5) is 8.79. The van der Waals surface area contributed by atoms with Crippen LogP contribution in [0.3, 0.4) is 0 Å². The Balaban J connectivity index is 2.55. The molecule has 100 valence electrons. The summed E-state index contributed by atoms with van der Waals surface area (Å²) in [6.07, 6.45) is 1.80. The molecule has 1 aromatic carbocycles. The van der Waals surface area contributed by atoms with Crippen molar-refractivity contribution < 1.29 is 0 Å². The third-order valence-corrected chi connectivity index (χ3v) is 3.85. The average molecular weight is 361 g/mol. The Bertz CT molecular complexity index is 597. The van der Waals surface area contributed by atoms with Gasteiger partial charge in [-0.15, -0.1) is 0 Å². The summed E-state index contributed by atoms with van der Waals surface area (Å²) in [5.41, 5.74) is 7.55. The summed E-state index contributed by atoms with van der Waals surface area (Å²) in [6, 6.07) is 5.21. The molecule has 2 N–H and O–H groups in total. The predicted octanol–water partition coefficient (Wildman–Crippen LogP) is 4.75. The topological polar surface area (TPSA) is 51.8 Å². The highest BCUT2D eigenvalue weighted by Crippen LogP contribution is 2.29. The maximum absolute atomic E-state index is 5.99. The summed E-state index contributed by atoms with van der Waals surface area (Å²) in [7, 11) is 0. The molecule has 2 aromatic rings. The highest BCUT2D eigenvalue weighted by atomic mass is 79.9. The number of aryl methyl sites for hydroxylation is 1. The summed E-state index contributed by atoms with van der Waals surface area (Å²) in [5.74, 6) is 0.957. The molecule has 0 unspecified atom stereocenters. The van der Waals surface area contributed by atoms with E-state index in [1.807, 2.05) is 0 Å². The molecule has 2 rings (SSSR count). The van der Waals surface area contributed by atoms with Gasteiger partial charge in [0.05, 0.1) is 10.2 Å². The van der Waals surface area contributed by atoms with Crippen LogP contribution >= 0.6 is 39.1 Å². The van der Waals surface area contributed by atoms with Crippen LogP contribution in [-0.2, 0) is 6.42 Å². The molecule has 0 aliphatic heterocycles. The van der Waals surface area contributed by atoms with Crippen LogP contribution in [0, 0.1) is 0 Å². The number of nitrogens with two attached hydrogens (primary N) is 1. The third-order valence-electron chi connectivity index (χ3n) is 2.55. The molecule has 0 bridgehead atoms. The number of hydrogen-bond donors (Lipinski definition) is 1. The van der Waals surface area contributed by atoms with Gasteiger partial charge < -0.3 is 5.73 Å². The number of rotatable bonds is 3. The molecule has 0 amide bonds. The molecule has 0 saturated carbocycles. The van der Waals surface area contributed by atoms with E-state index in [4.69, 9.17) is 28.9 Å². The van der Waals surface area contributed by atoms with Gasteiger partial charge in [-0.05, 0) is 40.5 Å². The Labute approximate surface area is 130 Å². The average Bonchev–Trinajstić information content (AvgIpc) is 2.33. The summed E-state index contributed by atoms with van der Waals surface area (Å²) < 4.78 is 0.756. The van der Waals surface area contributed by atoms with E-state index < -0.39 is 0 Å². The van der Waals surface area contributed by atoms with E-state index >= 15 is 0 Å². The Morgan fingerprint density at radius 1 is 1.16 bits per heavy atom. The fourth-order valence-electron chi connectivity index (χ4n) is 1.73. The van der Waals surface area contributed by atoms with Gasteiger partial charge in [-0.3, -0.25) is 0 Å². The van der Waals surface area contributed by atoms with Crippen molar-refractivity contribution in [1.29, 1.82) is 0 Å². The van der Waals surface area contributed by atoms with E-state index in [0.717, 1.165) is 28.6 Å². The zero-order chi connectivity index (χ0) is 14.0. The van der Waals surface area contributed by atoms with Gasteiger partial charge in [-0.2, -0.15) is 0 Å². The molecule has 0 aliphatic carbocycles. The Morgan fingerprint density at radius 2 is 1.79 bits per heavy atom. The van der Waals surface area contributed by atoms with Gasteiger partial charge in [-0.25, -0.2) is 9.97 Å². The van der Waals surface area contributed by atoms with Crippen LogP contribution in [0.2, 0.25) is 10.0 Å². The van der Waals surface area contributed by atoms with Crippen molar-refractivity contribution in [3.8, 4) is 11.4 Å². The van der Waals surface area contributed by atoms with Crippen molar-refractivity contribution in [1.82, 2.24) is 9.97 Å². The molecule has 0 spiro atoms. The van der Waals surface area contributed by atoms with E-state index in [-0.39, 0.29) is 0 Å². The van der Waals surface area contributed by atoms with Gasteiger partial charge in [0.2, 0.25) is 0 Å². The van der Waals surface area contributed by atoms with Crippen LogP contribution < -0.4 is 5.73 Å². The third kappa shape index (κ3) is 3.38. The number of benzene rings is 1. The molecule has 1 aromatic heterocycles. The van der Waals surface area contributed by atoms with Gasteiger partial charge in [0.25, 0.3) is 0 Å². The first-order valence-corrected chi connectivity index (χ1v) is 7.34. The lowest BCUT2D eigenvalue weighted by Gasteiger charge is -2.09. The largest absolute Gasteiger partial charge is 0.383 e. The molecule has 0 fully saturated rings. The molecule has 19 heavy (non-hydrogen) atoms. The van der Waals surface area contributed by atoms with Crippen LogP contribution in [0.25, 0.3) is 11.4 Å². The monoisotopic (exact) mass is 359 g/mol. The molecule has 0 atom stereocenters. The minimum absolute atomic E-state index is 0.421. The van der Waals surface area contributed by atoms with E-state index in [0.29, 0.717) is 21.7 Å². The van der Waals surface area contributed by atoms with Crippen LogP contribution in [0.5, 0.6) is 0 Å². The van der Waals surface area contributed by atoms with Crippen molar-refractivity contribution in [2.24, 2.45) is 0 Å². The number of aromatic nitrogens is 2. The lowest BCUT2D eigenvalue weighted by atomic mass is 10.2. The van der Waals surface area contributed by atoms with Gasteiger partial charge >= 0.3 is 0 Å². The molecule has 6 heteroatoms. The molecule has 0 radical (unpaired) electrons. The molecule has 0 saturated heterocycles. The van der Waals surface area contributed by atoms with Crippen molar-refractivity contribution in [2.45, 2.75) is 19.8 Å². The lowest BCUT2D eigenvalue weighted by Crippen LogP contribution is -2.02. The second-order valence-corrected chi connectivity index (χ2v) is 5.77. The van der Waals surface area contributed by atoms with Gasteiger partial charge in [0, 0.05) is 15.6 Å². The van der Waals surface area contributed by atoms with Crippen molar-refractivity contribution in [3.63, 3.8) is 0 Å². The number of halogens is 3. The number of hydrogen-bond acceptors (Lipinski definition) is 3. The first-order chi connectivity index (χ1) is 9.01. The second-order valence-electron chi connectivity index (χ2n) is 4.10. The molecule has 0 aliphatic rings. The lowest BCUT2D eigenvalue weighted by molar-refractivity contribution is 0.870. The molecular weight excluding hydrogens is 349 g/mol. The zero-order valence-electron chi connectivity index (χ0n) is 10.3. The van der Waals surface area contributed by atoms with Gasteiger partial charge in [0.1, 0.15) is 5.82 Å². The maximum atomic E-state index is 5.99.